The normalized spacial score (nSPS) is 10.3. The van der Waals surface area contributed by atoms with Crippen LogP contribution in [0.15, 0.2) is 40.5 Å². The van der Waals surface area contributed by atoms with Crippen molar-refractivity contribution in [1.82, 2.24) is 9.97 Å². The first-order valence-electron chi connectivity index (χ1n) is 4.99. The van der Waals surface area contributed by atoms with Crippen LogP contribution in [0, 0.1) is 6.92 Å². The van der Waals surface area contributed by atoms with E-state index in [-0.39, 0.29) is 0 Å². The van der Waals surface area contributed by atoms with Crippen LogP contribution < -0.4 is 4.74 Å². The van der Waals surface area contributed by atoms with Gasteiger partial charge in [-0.1, -0.05) is 29.4 Å². The molecule has 2 aromatic rings. The third-order valence-corrected chi connectivity index (χ3v) is 3.71. The Labute approximate surface area is 109 Å². The van der Waals surface area contributed by atoms with Crippen LogP contribution >= 0.6 is 23.4 Å². The van der Waals surface area contributed by atoms with Crippen LogP contribution in [0.1, 0.15) is 5.56 Å². The summed E-state index contributed by atoms with van der Waals surface area (Å²) in [6.45, 7) is 1.91. The van der Waals surface area contributed by atoms with E-state index >= 15 is 0 Å². The molecule has 17 heavy (non-hydrogen) atoms. The number of halogens is 1. The average Bonchev–Trinajstić information content (AvgIpc) is 2.35. The Kier molecular flexibility index (Phi) is 3.86. The van der Waals surface area contributed by atoms with Crippen molar-refractivity contribution in [3.05, 3.63) is 41.3 Å². The zero-order chi connectivity index (χ0) is 12.3. The van der Waals surface area contributed by atoms with E-state index in [1.54, 1.807) is 18.9 Å². The van der Waals surface area contributed by atoms with Crippen molar-refractivity contribution in [2.24, 2.45) is 0 Å². The fraction of sp³-hybridized carbons (Fsp3) is 0.167. The first-order chi connectivity index (χ1) is 8.20. The van der Waals surface area contributed by atoms with E-state index in [4.69, 9.17) is 16.3 Å². The maximum absolute atomic E-state index is 5.95. The Morgan fingerprint density at radius 2 is 2.12 bits per heavy atom. The van der Waals surface area contributed by atoms with Gasteiger partial charge in [-0.2, -0.15) is 0 Å². The highest BCUT2D eigenvalue weighted by Crippen LogP contribution is 2.32. The van der Waals surface area contributed by atoms with Gasteiger partial charge in [0.25, 0.3) is 0 Å². The third-order valence-electron chi connectivity index (χ3n) is 2.23. The molecule has 0 bridgehead atoms. The highest BCUT2D eigenvalue weighted by atomic mass is 35.5. The quantitative estimate of drug-likeness (QED) is 0.795. The number of aromatic nitrogens is 2. The molecule has 0 unspecified atom stereocenters. The molecule has 0 N–H and O–H groups in total. The predicted molar refractivity (Wildman–Crippen MR) is 68.9 cm³/mol. The van der Waals surface area contributed by atoms with Crippen LogP contribution in [0.5, 0.6) is 5.75 Å². The summed E-state index contributed by atoms with van der Waals surface area (Å²) >= 11 is 7.49. The molecular formula is C12H11ClN2OS. The zero-order valence-electron chi connectivity index (χ0n) is 9.48. The first kappa shape index (κ1) is 12.2. The monoisotopic (exact) mass is 266 g/mol. The standard InChI is InChI=1S/C12H11ClN2OS/c1-8-11(13)14-7-15-12(8)17-10-5-3-4-9(6-10)16-2/h3-7H,1-2H3. The van der Waals surface area contributed by atoms with Gasteiger partial charge in [-0.15, -0.1) is 0 Å². The van der Waals surface area contributed by atoms with Gasteiger partial charge in [0.15, 0.2) is 0 Å². The summed E-state index contributed by atoms with van der Waals surface area (Å²) < 4.78 is 5.17. The molecule has 0 aliphatic rings. The van der Waals surface area contributed by atoms with Gasteiger partial charge in [0.2, 0.25) is 0 Å². The highest BCUT2D eigenvalue weighted by molar-refractivity contribution is 7.99. The van der Waals surface area contributed by atoms with Crippen molar-refractivity contribution in [3.8, 4) is 5.75 Å². The van der Waals surface area contributed by atoms with Crippen molar-refractivity contribution >= 4 is 23.4 Å². The number of benzene rings is 1. The second-order valence-corrected chi connectivity index (χ2v) is 4.80. The van der Waals surface area contributed by atoms with E-state index in [0.717, 1.165) is 21.2 Å². The summed E-state index contributed by atoms with van der Waals surface area (Å²) in [6, 6.07) is 7.81. The van der Waals surface area contributed by atoms with E-state index in [0.29, 0.717) is 5.15 Å². The zero-order valence-corrected chi connectivity index (χ0v) is 11.0. The van der Waals surface area contributed by atoms with Crippen LogP contribution in [-0.2, 0) is 0 Å². The lowest BCUT2D eigenvalue weighted by molar-refractivity contribution is 0.413. The minimum atomic E-state index is 0.491. The number of hydrogen-bond donors (Lipinski definition) is 0. The Morgan fingerprint density at radius 3 is 2.88 bits per heavy atom. The number of ether oxygens (including phenoxy) is 1. The lowest BCUT2D eigenvalue weighted by atomic mass is 10.3. The fourth-order valence-electron chi connectivity index (χ4n) is 1.29. The van der Waals surface area contributed by atoms with Gasteiger partial charge < -0.3 is 4.74 Å². The van der Waals surface area contributed by atoms with Gasteiger partial charge in [0, 0.05) is 10.5 Å². The minimum Gasteiger partial charge on any atom is -0.497 e. The molecule has 0 aliphatic carbocycles. The van der Waals surface area contributed by atoms with E-state index in [1.807, 2.05) is 31.2 Å². The first-order valence-corrected chi connectivity index (χ1v) is 6.19. The predicted octanol–water partition coefficient (Wildman–Crippen LogP) is 3.60. The molecule has 5 heteroatoms. The smallest absolute Gasteiger partial charge is 0.136 e. The Morgan fingerprint density at radius 1 is 1.29 bits per heavy atom. The van der Waals surface area contributed by atoms with Crippen LogP contribution in [0.3, 0.4) is 0 Å². The second-order valence-electron chi connectivity index (χ2n) is 3.38. The molecule has 0 fully saturated rings. The largest absolute Gasteiger partial charge is 0.497 e. The molecular weight excluding hydrogens is 256 g/mol. The third kappa shape index (κ3) is 2.90. The van der Waals surface area contributed by atoms with Crippen LogP contribution in [0.25, 0.3) is 0 Å². The summed E-state index contributed by atoms with van der Waals surface area (Å²) in [5.74, 6) is 0.827. The lowest BCUT2D eigenvalue weighted by Crippen LogP contribution is -1.89. The topological polar surface area (TPSA) is 35.0 Å². The summed E-state index contributed by atoms with van der Waals surface area (Å²) in [6.07, 6.45) is 1.47. The Bertz CT molecular complexity index is 534. The second kappa shape index (κ2) is 5.38. The van der Waals surface area contributed by atoms with Crippen LogP contribution in [0.4, 0.5) is 0 Å². The molecule has 1 aromatic heterocycles. The molecule has 0 amide bonds. The van der Waals surface area contributed by atoms with Crippen LogP contribution in [-0.4, -0.2) is 17.1 Å². The molecule has 3 nitrogen and oxygen atoms in total. The van der Waals surface area contributed by atoms with Gasteiger partial charge in [-0.05, 0) is 25.1 Å². The average molecular weight is 267 g/mol. The molecule has 0 radical (unpaired) electrons. The van der Waals surface area contributed by atoms with E-state index in [2.05, 4.69) is 9.97 Å². The molecule has 0 atom stereocenters. The number of hydrogen-bond acceptors (Lipinski definition) is 4. The molecule has 1 heterocycles. The summed E-state index contributed by atoms with van der Waals surface area (Å²) in [7, 11) is 1.65. The van der Waals surface area contributed by atoms with Gasteiger partial charge in [-0.3, -0.25) is 0 Å². The van der Waals surface area contributed by atoms with Crippen LogP contribution in [0.2, 0.25) is 5.15 Å². The van der Waals surface area contributed by atoms with Crippen molar-refractivity contribution < 1.29 is 4.74 Å². The molecule has 88 valence electrons. The SMILES string of the molecule is COc1cccc(Sc2ncnc(Cl)c2C)c1. The van der Waals surface area contributed by atoms with Gasteiger partial charge >= 0.3 is 0 Å². The van der Waals surface area contributed by atoms with Crippen molar-refractivity contribution in [1.29, 1.82) is 0 Å². The van der Waals surface area contributed by atoms with Crippen molar-refractivity contribution in [2.45, 2.75) is 16.8 Å². The van der Waals surface area contributed by atoms with Gasteiger partial charge in [0.05, 0.1) is 7.11 Å². The molecule has 0 spiro atoms. The number of rotatable bonds is 3. The molecule has 2 rings (SSSR count). The van der Waals surface area contributed by atoms with Crippen molar-refractivity contribution in [2.75, 3.05) is 7.11 Å². The number of nitrogens with zero attached hydrogens (tertiary/aromatic N) is 2. The summed E-state index contributed by atoms with van der Waals surface area (Å²) in [5, 5.41) is 1.35. The molecule has 1 aromatic carbocycles. The highest BCUT2D eigenvalue weighted by Gasteiger charge is 2.07. The van der Waals surface area contributed by atoms with Crippen molar-refractivity contribution in [3.63, 3.8) is 0 Å². The number of methoxy groups -OCH3 is 1. The van der Waals surface area contributed by atoms with Gasteiger partial charge in [0.1, 0.15) is 22.3 Å². The maximum Gasteiger partial charge on any atom is 0.136 e. The van der Waals surface area contributed by atoms with Gasteiger partial charge in [-0.25, -0.2) is 9.97 Å². The fourth-order valence-corrected chi connectivity index (χ4v) is 2.38. The summed E-state index contributed by atoms with van der Waals surface area (Å²) in [4.78, 5) is 9.21. The Hall–Kier alpha value is -1.26. The minimum absolute atomic E-state index is 0.491. The van der Waals surface area contributed by atoms with E-state index in [9.17, 15) is 0 Å². The van der Waals surface area contributed by atoms with E-state index in [1.165, 1.54) is 6.33 Å². The molecule has 0 saturated heterocycles. The van der Waals surface area contributed by atoms with E-state index < -0.39 is 0 Å². The maximum atomic E-state index is 5.95. The molecule has 0 saturated carbocycles. The summed E-state index contributed by atoms with van der Waals surface area (Å²) in [5.41, 5.74) is 0.891. The lowest BCUT2D eigenvalue weighted by Gasteiger charge is -2.06. The Balaban J connectivity index is 2.28. The molecule has 0 aliphatic heterocycles.